The molecule has 0 fully saturated rings. The molecule has 25 heavy (non-hydrogen) atoms. The van der Waals surface area contributed by atoms with Crippen LogP contribution in [-0.4, -0.2) is 30.7 Å². The molecule has 0 radical (unpaired) electrons. The second kappa shape index (κ2) is 8.34. The summed E-state index contributed by atoms with van der Waals surface area (Å²) in [5, 5.41) is 1.55. The molecule has 1 heterocycles. The lowest BCUT2D eigenvalue weighted by atomic mass is 9.93. The zero-order valence-corrected chi connectivity index (χ0v) is 15.5. The minimum Gasteiger partial charge on any atom is -0.493 e. The van der Waals surface area contributed by atoms with E-state index >= 15 is 0 Å². The number of nitrogens with two attached hydrogens (primary N) is 1. The summed E-state index contributed by atoms with van der Waals surface area (Å²) in [6.07, 6.45) is 1.54. The van der Waals surface area contributed by atoms with E-state index in [1.807, 2.05) is 36.4 Å². The first-order valence-electron chi connectivity index (χ1n) is 7.50. The van der Waals surface area contributed by atoms with Crippen LogP contribution in [0.25, 0.3) is 10.9 Å². The van der Waals surface area contributed by atoms with Gasteiger partial charge in [-0.2, -0.15) is 0 Å². The van der Waals surface area contributed by atoms with Gasteiger partial charge in [0.05, 0.1) is 25.4 Å². The third-order valence-electron chi connectivity index (χ3n) is 3.99. The Morgan fingerprint density at radius 3 is 2.44 bits per heavy atom. The molecule has 1 aromatic heterocycles. The molecule has 0 saturated heterocycles. The van der Waals surface area contributed by atoms with Crippen LogP contribution in [0, 0.1) is 0 Å². The Morgan fingerprint density at radius 1 is 1.08 bits per heavy atom. The quantitative estimate of drug-likeness (QED) is 0.729. The lowest BCUT2D eigenvalue weighted by molar-refractivity contribution is 0.355. The maximum absolute atomic E-state index is 6.13. The van der Waals surface area contributed by atoms with E-state index in [2.05, 4.69) is 9.97 Å². The molecule has 7 heteroatoms. The summed E-state index contributed by atoms with van der Waals surface area (Å²) in [5.41, 5.74) is 8.67. The highest BCUT2D eigenvalue weighted by atomic mass is 35.5. The number of halogens is 2. The topological polar surface area (TPSA) is 70.3 Å². The van der Waals surface area contributed by atoms with Crippen molar-refractivity contribution < 1.29 is 9.47 Å². The number of hydrogen-bond acceptors (Lipinski definition) is 5. The standard InChI is InChI=1S/C18H18ClN3O2.ClH/c1-23-16-7-13-15(8-17(16)24-2)21-10-22-18(13)14(9-20)11-4-3-5-12(19)6-11;/h3-8,10,14H,9,20H2,1-2H3;1H. The van der Waals surface area contributed by atoms with Gasteiger partial charge in [-0.3, -0.25) is 0 Å². The van der Waals surface area contributed by atoms with E-state index in [1.165, 1.54) is 6.33 Å². The van der Waals surface area contributed by atoms with Gasteiger partial charge >= 0.3 is 0 Å². The zero-order valence-electron chi connectivity index (χ0n) is 13.9. The Morgan fingerprint density at radius 2 is 1.80 bits per heavy atom. The number of aromatic nitrogens is 2. The van der Waals surface area contributed by atoms with Crippen LogP contribution < -0.4 is 15.2 Å². The van der Waals surface area contributed by atoms with Gasteiger partial charge in [0.25, 0.3) is 0 Å². The second-order valence-electron chi connectivity index (χ2n) is 5.33. The van der Waals surface area contributed by atoms with Gasteiger partial charge in [-0.1, -0.05) is 23.7 Å². The summed E-state index contributed by atoms with van der Waals surface area (Å²) in [6.45, 7) is 0.404. The number of nitrogens with zero attached hydrogens (tertiary/aromatic N) is 2. The number of rotatable bonds is 5. The lowest BCUT2D eigenvalue weighted by Crippen LogP contribution is -2.16. The van der Waals surface area contributed by atoms with E-state index in [-0.39, 0.29) is 18.3 Å². The minimum atomic E-state index is -0.0905. The van der Waals surface area contributed by atoms with Gasteiger partial charge in [-0.05, 0) is 23.8 Å². The van der Waals surface area contributed by atoms with Crippen LogP contribution in [0.1, 0.15) is 17.2 Å². The van der Waals surface area contributed by atoms with Gasteiger partial charge in [0.2, 0.25) is 0 Å². The zero-order chi connectivity index (χ0) is 17.1. The monoisotopic (exact) mass is 379 g/mol. The molecular weight excluding hydrogens is 361 g/mol. The molecule has 0 aliphatic rings. The van der Waals surface area contributed by atoms with Crippen LogP contribution in [-0.2, 0) is 0 Å². The van der Waals surface area contributed by atoms with Gasteiger partial charge < -0.3 is 15.2 Å². The fourth-order valence-corrected chi connectivity index (χ4v) is 3.01. The fraction of sp³-hybridized carbons (Fsp3) is 0.222. The molecule has 1 atom stereocenters. The van der Waals surface area contributed by atoms with Crippen LogP contribution in [0.3, 0.4) is 0 Å². The van der Waals surface area contributed by atoms with Crippen molar-refractivity contribution in [3.05, 3.63) is 59.0 Å². The number of benzene rings is 2. The molecule has 0 aliphatic heterocycles. The summed E-state index contributed by atoms with van der Waals surface area (Å²) >= 11 is 6.13. The van der Waals surface area contributed by atoms with Crippen LogP contribution in [0.15, 0.2) is 42.7 Å². The van der Waals surface area contributed by atoms with Crippen LogP contribution in [0.5, 0.6) is 11.5 Å². The summed E-state index contributed by atoms with van der Waals surface area (Å²) in [7, 11) is 3.20. The molecular formula is C18H19Cl2N3O2. The molecule has 0 aliphatic carbocycles. The van der Waals surface area contributed by atoms with E-state index in [9.17, 15) is 0 Å². The number of ether oxygens (including phenoxy) is 2. The predicted octanol–water partition coefficient (Wildman–Crippen LogP) is 3.81. The van der Waals surface area contributed by atoms with Crippen molar-refractivity contribution in [2.45, 2.75) is 5.92 Å². The van der Waals surface area contributed by atoms with Crippen molar-refractivity contribution in [3.63, 3.8) is 0 Å². The van der Waals surface area contributed by atoms with Gasteiger partial charge in [0.1, 0.15) is 6.33 Å². The Kier molecular flexibility index (Phi) is 6.42. The molecule has 2 aromatic carbocycles. The SMILES string of the molecule is COc1cc2ncnc(C(CN)c3cccc(Cl)c3)c2cc1OC.Cl. The maximum atomic E-state index is 6.13. The van der Waals surface area contributed by atoms with Crippen molar-refractivity contribution in [1.29, 1.82) is 0 Å². The van der Waals surface area contributed by atoms with Crippen molar-refractivity contribution in [2.24, 2.45) is 5.73 Å². The highest BCUT2D eigenvalue weighted by Gasteiger charge is 2.19. The first-order chi connectivity index (χ1) is 11.7. The molecule has 2 N–H and O–H groups in total. The van der Waals surface area contributed by atoms with Crippen molar-refractivity contribution in [1.82, 2.24) is 9.97 Å². The molecule has 5 nitrogen and oxygen atoms in total. The Labute approximate surface area is 157 Å². The Hall–Kier alpha value is -2.08. The van der Waals surface area contributed by atoms with E-state index in [4.69, 9.17) is 26.8 Å². The van der Waals surface area contributed by atoms with Gasteiger partial charge in [-0.25, -0.2) is 9.97 Å². The van der Waals surface area contributed by atoms with E-state index < -0.39 is 0 Å². The van der Waals surface area contributed by atoms with Crippen molar-refractivity contribution >= 4 is 34.9 Å². The Balaban J connectivity index is 0.00000225. The average molecular weight is 380 g/mol. The van der Waals surface area contributed by atoms with Gasteiger partial charge in [-0.15, -0.1) is 12.4 Å². The summed E-state index contributed by atoms with van der Waals surface area (Å²) in [6, 6.07) is 11.4. The second-order valence-corrected chi connectivity index (χ2v) is 5.76. The number of hydrogen-bond donors (Lipinski definition) is 1. The predicted molar refractivity (Wildman–Crippen MR) is 102 cm³/mol. The molecule has 0 bridgehead atoms. The minimum absolute atomic E-state index is 0. The third kappa shape index (κ3) is 3.79. The molecule has 0 amide bonds. The molecule has 1 unspecified atom stereocenters. The van der Waals surface area contributed by atoms with Gasteiger partial charge in [0, 0.05) is 28.9 Å². The maximum Gasteiger partial charge on any atom is 0.162 e. The van der Waals surface area contributed by atoms with E-state index in [0.717, 1.165) is 22.2 Å². The lowest BCUT2D eigenvalue weighted by Gasteiger charge is -2.18. The van der Waals surface area contributed by atoms with E-state index in [0.29, 0.717) is 23.1 Å². The number of methoxy groups -OCH3 is 2. The summed E-state index contributed by atoms with van der Waals surface area (Å²) in [4.78, 5) is 8.82. The fourth-order valence-electron chi connectivity index (χ4n) is 2.81. The largest absolute Gasteiger partial charge is 0.493 e. The van der Waals surface area contributed by atoms with Crippen LogP contribution in [0.2, 0.25) is 5.02 Å². The Bertz CT molecular complexity index is 874. The summed E-state index contributed by atoms with van der Waals surface area (Å²) in [5.74, 6) is 1.16. The molecule has 3 aromatic rings. The van der Waals surface area contributed by atoms with Gasteiger partial charge in [0.15, 0.2) is 11.5 Å². The van der Waals surface area contributed by atoms with Crippen LogP contribution >= 0.6 is 24.0 Å². The average Bonchev–Trinajstić information content (AvgIpc) is 2.61. The number of fused-ring (bicyclic) bond motifs is 1. The van der Waals surface area contributed by atoms with E-state index in [1.54, 1.807) is 14.2 Å². The van der Waals surface area contributed by atoms with Crippen LogP contribution in [0.4, 0.5) is 0 Å². The first kappa shape index (κ1) is 19.2. The van der Waals surface area contributed by atoms with Crippen molar-refractivity contribution in [3.8, 4) is 11.5 Å². The van der Waals surface area contributed by atoms with Crippen molar-refractivity contribution in [2.75, 3.05) is 20.8 Å². The smallest absolute Gasteiger partial charge is 0.162 e. The molecule has 0 spiro atoms. The molecule has 3 rings (SSSR count). The molecule has 0 saturated carbocycles. The third-order valence-corrected chi connectivity index (χ3v) is 4.22. The normalized spacial score (nSPS) is 11.7. The highest BCUT2D eigenvalue weighted by Crippen LogP contribution is 2.35. The highest BCUT2D eigenvalue weighted by molar-refractivity contribution is 6.30. The first-order valence-corrected chi connectivity index (χ1v) is 7.88. The molecule has 132 valence electrons. The summed E-state index contributed by atoms with van der Waals surface area (Å²) < 4.78 is 10.7.